The summed E-state index contributed by atoms with van der Waals surface area (Å²) in [5.41, 5.74) is 6.94. The highest BCUT2D eigenvalue weighted by Crippen LogP contribution is 2.18. The lowest BCUT2D eigenvalue weighted by Crippen LogP contribution is -2.34. The molecule has 1 unspecified atom stereocenters. The Bertz CT molecular complexity index is 244. The third kappa shape index (κ3) is 1.89. The maximum atomic E-state index is 5.69. The topological polar surface area (TPSA) is 57.9 Å². The summed E-state index contributed by atoms with van der Waals surface area (Å²) in [5, 5.41) is 6.76. The molecule has 1 fully saturated rings. The van der Waals surface area contributed by atoms with Crippen molar-refractivity contribution in [2.24, 2.45) is 5.73 Å². The number of H-pyrrole nitrogens is 1. The van der Waals surface area contributed by atoms with Crippen molar-refractivity contribution >= 4 is 0 Å². The number of hydrogen-bond acceptors (Lipinski definition) is 3. The Kier molecular flexibility index (Phi) is 2.61. The van der Waals surface area contributed by atoms with Gasteiger partial charge in [0.2, 0.25) is 0 Å². The Labute approximate surface area is 78.1 Å². The van der Waals surface area contributed by atoms with Gasteiger partial charge in [-0.2, -0.15) is 5.10 Å². The second kappa shape index (κ2) is 3.89. The minimum atomic E-state index is 0.579. The van der Waals surface area contributed by atoms with E-state index in [2.05, 4.69) is 15.1 Å². The maximum Gasteiger partial charge on any atom is 0.0532 e. The maximum absolute atomic E-state index is 5.69. The zero-order valence-electron chi connectivity index (χ0n) is 7.74. The molecule has 13 heavy (non-hydrogen) atoms. The zero-order chi connectivity index (χ0) is 9.10. The molecular weight excluding hydrogens is 164 g/mol. The minimum Gasteiger partial charge on any atom is -0.329 e. The van der Waals surface area contributed by atoms with Crippen LogP contribution in [0.2, 0.25) is 0 Å². The number of nitrogens with two attached hydrogens (primary N) is 1. The van der Waals surface area contributed by atoms with Crippen LogP contribution in [0.3, 0.4) is 0 Å². The molecule has 0 spiro atoms. The summed E-state index contributed by atoms with van der Waals surface area (Å²) in [6.07, 6.45) is 6.35. The van der Waals surface area contributed by atoms with Gasteiger partial charge in [0.15, 0.2) is 0 Å². The molecule has 0 bridgehead atoms. The van der Waals surface area contributed by atoms with Crippen molar-refractivity contribution in [1.29, 1.82) is 0 Å². The quantitative estimate of drug-likeness (QED) is 0.705. The number of hydrogen-bond donors (Lipinski definition) is 2. The van der Waals surface area contributed by atoms with E-state index in [4.69, 9.17) is 5.73 Å². The number of aromatic amines is 1. The van der Waals surface area contributed by atoms with Gasteiger partial charge in [-0.3, -0.25) is 10.00 Å². The number of rotatable bonds is 3. The first-order chi connectivity index (χ1) is 6.40. The van der Waals surface area contributed by atoms with E-state index >= 15 is 0 Å². The molecule has 1 aliphatic rings. The molecule has 0 saturated carbocycles. The van der Waals surface area contributed by atoms with Gasteiger partial charge in [0.05, 0.1) is 6.20 Å². The molecule has 0 aromatic carbocycles. The Hall–Kier alpha value is -0.870. The molecule has 1 saturated heterocycles. The molecular formula is C9H16N4. The largest absolute Gasteiger partial charge is 0.329 e. The second-order valence-corrected chi connectivity index (χ2v) is 3.61. The van der Waals surface area contributed by atoms with Gasteiger partial charge in [-0.05, 0) is 19.4 Å². The van der Waals surface area contributed by atoms with Gasteiger partial charge < -0.3 is 5.73 Å². The Morgan fingerprint density at radius 3 is 3.31 bits per heavy atom. The lowest BCUT2D eigenvalue weighted by atomic mass is 10.2. The van der Waals surface area contributed by atoms with Gasteiger partial charge in [0.1, 0.15) is 0 Å². The van der Waals surface area contributed by atoms with Crippen LogP contribution in [0.4, 0.5) is 0 Å². The van der Waals surface area contributed by atoms with Gasteiger partial charge in [-0.15, -0.1) is 0 Å². The van der Waals surface area contributed by atoms with Crippen LogP contribution in [-0.4, -0.2) is 34.2 Å². The van der Waals surface area contributed by atoms with Crippen LogP contribution < -0.4 is 5.73 Å². The fraction of sp³-hybridized carbons (Fsp3) is 0.667. The molecule has 1 atom stereocenters. The van der Waals surface area contributed by atoms with Gasteiger partial charge in [-0.25, -0.2) is 0 Å². The highest BCUT2D eigenvalue weighted by Gasteiger charge is 2.22. The molecule has 0 aliphatic carbocycles. The van der Waals surface area contributed by atoms with Crippen molar-refractivity contribution in [3.8, 4) is 0 Å². The van der Waals surface area contributed by atoms with Crippen LogP contribution >= 0.6 is 0 Å². The van der Waals surface area contributed by atoms with E-state index in [1.807, 2.05) is 12.4 Å². The van der Waals surface area contributed by atoms with Crippen LogP contribution in [0.1, 0.15) is 18.4 Å². The predicted molar refractivity (Wildman–Crippen MR) is 51.1 cm³/mol. The summed E-state index contributed by atoms with van der Waals surface area (Å²) in [5.74, 6) is 0. The lowest BCUT2D eigenvalue weighted by Gasteiger charge is -2.21. The third-order valence-corrected chi connectivity index (χ3v) is 2.71. The molecule has 2 rings (SSSR count). The first kappa shape index (κ1) is 8.72. The first-order valence-corrected chi connectivity index (χ1v) is 4.82. The molecule has 1 aromatic heterocycles. The van der Waals surface area contributed by atoms with Crippen molar-refractivity contribution < 1.29 is 0 Å². The zero-order valence-corrected chi connectivity index (χ0v) is 7.74. The molecule has 72 valence electrons. The van der Waals surface area contributed by atoms with E-state index in [9.17, 15) is 0 Å². The highest BCUT2D eigenvalue weighted by molar-refractivity contribution is 5.03. The summed E-state index contributed by atoms with van der Waals surface area (Å²) in [7, 11) is 0. The van der Waals surface area contributed by atoms with E-state index in [1.165, 1.54) is 24.9 Å². The molecule has 0 radical (unpaired) electrons. The summed E-state index contributed by atoms with van der Waals surface area (Å²) < 4.78 is 0. The van der Waals surface area contributed by atoms with E-state index in [-0.39, 0.29) is 0 Å². The van der Waals surface area contributed by atoms with Gasteiger partial charge in [-0.1, -0.05) is 0 Å². The smallest absolute Gasteiger partial charge is 0.0532 e. The Balaban J connectivity index is 1.94. The number of nitrogens with zero attached hydrogens (tertiary/aromatic N) is 2. The van der Waals surface area contributed by atoms with Crippen molar-refractivity contribution in [2.45, 2.75) is 25.4 Å². The average Bonchev–Trinajstić information content (AvgIpc) is 2.76. The van der Waals surface area contributed by atoms with Crippen molar-refractivity contribution in [3.63, 3.8) is 0 Å². The van der Waals surface area contributed by atoms with E-state index in [0.29, 0.717) is 6.04 Å². The van der Waals surface area contributed by atoms with Crippen LogP contribution in [0.15, 0.2) is 12.4 Å². The van der Waals surface area contributed by atoms with Crippen LogP contribution in [0.25, 0.3) is 0 Å². The Morgan fingerprint density at radius 1 is 1.69 bits per heavy atom. The summed E-state index contributed by atoms with van der Waals surface area (Å²) in [6, 6.07) is 0.579. The Morgan fingerprint density at radius 2 is 2.62 bits per heavy atom. The number of nitrogens with one attached hydrogen (secondary N) is 1. The normalized spacial score (nSPS) is 23.9. The van der Waals surface area contributed by atoms with Gasteiger partial charge >= 0.3 is 0 Å². The summed E-state index contributed by atoms with van der Waals surface area (Å²) in [6.45, 7) is 2.93. The van der Waals surface area contributed by atoms with E-state index < -0.39 is 0 Å². The molecule has 1 aliphatic heterocycles. The molecule has 3 N–H and O–H groups in total. The molecule has 0 amide bonds. The first-order valence-electron chi connectivity index (χ1n) is 4.82. The van der Waals surface area contributed by atoms with Crippen LogP contribution in [0, 0.1) is 0 Å². The molecule has 4 heteroatoms. The summed E-state index contributed by atoms with van der Waals surface area (Å²) >= 11 is 0. The SMILES string of the molecule is NCC1CCCN1Cc1cn[nH]c1. The number of likely N-dealkylation sites (tertiary alicyclic amines) is 1. The summed E-state index contributed by atoms with van der Waals surface area (Å²) in [4.78, 5) is 2.44. The molecule has 1 aromatic rings. The predicted octanol–water partition coefficient (Wildman–Crippen LogP) is 0.333. The van der Waals surface area contributed by atoms with Gasteiger partial charge in [0.25, 0.3) is 0 Å². The number of aromatic nitrogens is 2. The van der Waals surface area contributed by atoms with Crippen LogP contribution in [-0.2, 0) is 6.54 Å². The highest BCUT2D eigenvalue weighted by atomic mass is 15.2. The molecule has 4 nitrogen and oxygen atoms in total. The molecule has 2 heterocycles. The lowest BCUT2D eigenvalue weighted by molar-refractivity contribution is 0.250. The van der Waals surface area contributed by atoms with E-state index in [1.54, 1.807) is 0 Å². The minimum absolute atomic E-state index is 0.579. The standard InChI is InChI=1S/C9H16N4/c10-4-9-2-1-3-13(9)7-8-5-11-12-6-8/h5-6,9H,1-4,7,10H2,(H,11,12). The average molecular weight is 180 g/mol. The second-order valence-electron chi connectivity index (χ2n) is 3.61. The van der Waals surface area contributed by atoms with Crippen molar-refractivity contribution in [3.05, 3.63) is 18.0 Å². The van der Waals surface area contributed by atoms with Crippen LogP contribution in [0.5, 0.6) is 0 Å². The van der Waals surface area contributed by atoms with Crippen molar-refractivity contribution in [1.82, 2.24) is 15.1 Å². The fourth-order valence-electron chi connectivity index (χ4n) is 1.97. The van der Waals surface area contributed by atoms with Gasteiger partial charge in [0, 0.05) is 30.9 Å². The third-order valence-electron chi connectivity index (χ3n) is 2.71. The van der Waals surface area contributed by atoms with E-state index in [0.717, 1.165) is 13.1 Å². The van der Waals surface area contributed by atoms with Crippen molar-refractivity contribution in [2.75, 3.05) is 13.1 Å². The monoisotopic (exact) mass is 180 g/mol. The fourth-order valence-corrected chi connectivity index (χ4v) is 1.97.